The summed E-state index contributed by atoms with van der Waals surface area (Å²) < 4.78 is 5.10. The van der Waals surface area contributed by atoms with Crippen molar-refractivity contribution in [1.29, 1.82) is 0 Å². The Morgan fingerprint density at radius 3 is 2.27 bits per heavy atom. The van der Waals surface area contributed by atoms with E-state index in [0.717, 1.165) is 12.1 Å². The number of ether oxygens (including phenoxy) is 1. The fourth-order valence-electron chi connectivity index (χ4n) is 3.08. The number of anilines is 3. The van der Waals surface area contributed by atoms with E-state index in [-0.39, 0.29) is 24.3 Å². The molecule has 0 aromatic heterocycles. The van der Waals surface area contributed by atoms with Gasteiger partial charge in [-0.1, -0.05) is 31.2 Å². The van der Waals surface area contributed by atoms with Gasteiger partial charge in [0.2, 0.25) is 5.91 Å². The second kappa shape index (κ2) is 11.5. The summed E-state index contributed by atoms with van der Waals surface area (Å²) in [5, 5.41) is 5.80. The molecule has 0 aliphatic rings. The first-order valence-electron chi connectivity index (χ1n) is 10.7. The highest BCUT2D eigenvalue weighted by Crippen LogP contribution is 2.17. The summed E-state index contributed by atoms with van der Waals surface area (Å²) in [5.41, 5.74) is 2.94. The van der Waals surface area contributed by atoms with E-state index in [1.165, 1.54) is 0 Å². The minimum Gasteiger partial charge on any atom is -0.462 e. The first-order valence-corrected chi connectivity index (χ1v) is 10.7. The number of amides is 2. The lowest BCUT2D eigenvalue weighted by Crippen LogP contribution is -2.26. The summed E-state index contributed by atoms with van der Waals surface area (Å²) in [5.74, 6) is -0.802. The number of nitrogens with one attached hydrogen (secondary N) is 2. The van der Waals surface area contributed by atoms with Gasteiger partial charge in [0.1, 0.15) is 0 Å². The van der Waals surface area contributed by atoms with Gasteiger partial charge in [-0.15, -0.1) is 0 Å². The van der Waals surface area contributed by atoms with Crippen LogP contribution in [0.4, 0.5) is 17.1 Å². The zero-order valence-corrected chi connectivity index (χ0v) is 18.7. The zero-order chi connectivity index (χ0) is 23.6. The van der Waals surface area contributed by atoms with Crippen molar-refractivity contribution < 1.29 is 19.1 Å². The van der Waals surface area contributed by atoms with Crippen molar-refractivity contribution in [3.63, 3.8) is 0 Å². The maximum atomic E-state index is 12.8. The maximum absolute atomic E-state index is 12.8. The summed E-state index contributed by atoms with van der Waals surface area (Å²) in [6.45, 7) is 2.35. The Morgan fingerprint density at radius 2 is 1.58 bits per heavy atom. The third kappa shape index (κ3) is 6.67. The average molecular weight is 446 g/mol. The number of nitrogens with zero attached hydrogens (tertiary/aromatic N) is 1. The van der Waals surface area contributed by atoms with Gasteiger partial charge < -0.3 is 20.3 Å². The van der Waals surface area contributed by atoms with Crippen LogP contribution < -0.4 is 15.5 Å². The molecular formula is C26H27N3O4. The van der Waals surface area contributed by atoms with Crippen LogP contribution >= 0.6 is 0 Å². The SMILES string of the molecule is CCCOC(=O)c1ccc(NCC(=O)Nc2cccc(C(=O)N(C)c3ccccc3)c2)cc1. The predicted octanol–water partition coefficient (Wildman–Crippen LogP) is 4.58. The number of benzene rings is 3. The number of hydrogen-bond acceptors (Lipinski definition) is 5. The lowest BCUT2D eigenvalue weighted by molar-refractivity contribution is -0.114. The van der Waals surface area contributed by atoms with Crippen molar-refractivity contribution in [3.8, 4) is 0 Å². The molecule has 0 aliphatic carbocycles. The quantitative estimate of drug-likeness (QED) is 0.471. The molecule has 0 spiro atoms. The Morgan fingerprint density at radius 1 is 0.848 bits per heavy atom. The van der Waals surface area contributed by atoms with Crippen molar-refractivity contribution in [1.82, 2.24) is 0 Å². The van der Waals surface area contributed by atoms with Crippen LogP contribution in [0.1, 0.15) is 34.1 Å². The Hall–Kier alpha value is -4.13. The van der Waals surface area contributed by atoms with Gasteiger partial charge in [-0.3, -0.25) is 9.59 Å². The van der Waals surface area contributed by atoms with Gasteiger partial charge in [0, 0.05) is 29.7 Å². The van der Waals surface area contributed by atoms with Gasteiger partial charge in [-0.05, 0) is 61.0 Å². The fraction of sp³-hybridized carbons (Fsp3) is 0.192. The molecule has 0 aliphatic heterocycles. The lowest BCUT2D eigenvalue weighted by atomic mass is 10.1. The fourth-order valence-corrected chi connectivity index (χ4v) is 3.08. The molecule has 7 nitrogen and oxygen atoms in total. The minimum absolute atomic E-state index is 0.0295. The highest BCUT2D eigenvalue weighted by Gasteiger charge is 2.14. The van der Waals surface area contributed by atoms with Crippen LogP contribution in [-0.2, 0) is 9.53 Å². The van der Waals surface area contributed by atoms with Gasteiger partial charge in [-0.2, -0.15) is 0 Å². The lowest BCUT2D eigenvalue weighted by Gasteiger charge is -2.17. The summed E-state index contributed by atoms with van der Waals surface area (Å²) >= 11 is 0. The van der Waals surface area contributed by atoms with Crippen LogP contribution in [0.3, 0.4) is 0 Å². The van der Waals surface area contributed by atoms with Crippen molar-refractivity contribution in [2.45, 2.75) is 13.3 Å². The number of hydrogen-bond donors (Lipinski definition) is 2. The normalized spacial score (nSPS) is 10.2. The minimum atomic E-state index is -0.367. The first kappa shape index (κ1) is 23.5. The molecule has 0 saturated heterocycles. The Labute approximate surface area is 193 Å². The topological polar surface area (TPSA) is 87.7 Å². The van der Waals surface area contributed by atoms with E-state index < -0.39 is 0 Å². The molecule has 0 unspecified atom stereocenters. The van der Waals surface area contributed by atoms with Crippen LogP contribution in [0.5, 0.6) is 0 Å². The maximum Gasteiger partial charge on any atom is 0.338 e. The molecule has 3 rings (SSSR count). The van der Waals surface area contributed by atoms with Crippen LogP contribution in [-0.4, -0.2) is 38.0 Å². The molecule has 3 aromatic carbocycles. The zero-order valence-electron chi connectivity index (χ0n) is 18.7. The molecular weight excluding hydrogens is 418 g/mol. The van der Waals surface area contributed by atoms with Crippen molar-refractivity contribution >= 4 is 34.8 Å². The van der Waals surface area contributed by atoms with E-state index in [1.807, 2.05) is 37.3 Å². The summed E-state index contributed by atoms with van der Waals surface area (Å²) in [6, 6.07) is 22.9. The van der Waals surface area contributed by atoms with Crippen LogP contribution in [0.15, 0.2) is 78.9 Å². The molecule has 170 valence electrons. The largest absolute Gasteiger partial charge is 0.462 e. The summed E-state index contributed by atoms with van der Waals surface area (Å²) in [7, 11) is 1.71. The van der Waals surface area contributed by atoms with Gasteiger partial charge in [0.15, 0.2) is 0 Å². The number of para-hydroxylation sites is 1. The standard InChI is InChI=1S/C26H27N3O4/c1-3-16-33-26(32)19-12-14-21(15-13-19)27-18-24(30)28-22-9-7-8-20(17-22)25(31)29(2)23-10-5-4-6-11-23/h4-15,17,27H,3,16,18H2,1-2H3,(H,28,30). The molecule has 7 heteroatoms. The molecule has 33 heavy (non-hydrogen) atoms. The number of esters is 1. The van der Waals surface area contributed by atoms with E-state index in [2.05, 4.69) is 10.6 Å². The summed E-state index contributed by atoms with van der Waals surface area (Å²) in [6.07, 6.45) is 0.765. The molecule has 0 bridgehead atoms. The second-order valence-electron chi connectivity index (χ2n) is 7.40. The average Bonchev–Trinajstić information content (AvgIpc) is 2.86. The van der Waals surface area contributed by atoms with E-state index in [1.54, 1.807) is 60.5 Å². The van der Waals surface area contributed by atoms with Gasteiger partial charge in [0.05, 0.1) is 18.7 Å². The van der Waals surface area contributed by atoms with E-state index in [9.17, 15) is 14.4 Å². The molecule has 2 N–H and O–H groups in total. The van der Waals surface area contributed by atoms with Crippen molar-refractivity contribution in [3.05, 3.63) is 90.0 Å². The Kier molecular flexibility index (Phi) is 8.18. The molecule has 3 aromatic rings. The second-order valence-corrected chi connectivity index (χ2v) is 7.40. The van der Waals surface area contributed by atoms with E-state index in [4.69, 9.17) is 4.74 Å². The molecule has 0 heterocycles. The third-order valence-electron chi connectivity index (χ3n) is 4.85. The van der Waals surface area contributed by atoms with Crippen LogP contribution in [0.25, 0.3) is 0 Å². The van der Waals surface area contributed by atoms with E-state index >= 15 is 0 Å². The number of carbonyl (C=O) groups excluding carboxylic acids is 3. The summed E-state index contributed by atoms with van der Waals surface area (Å²) in [4.78, 5) is 38.6. The molecule has 0 fully saturated rings. The highest BCUT2D eigenvalue weighted by molar-refractivity contribution is 6.06. The van der Waals surface area contributed by atoms with Crippen LogP contribution in [0, 0.1) is 0 Å². The molecule has 2 amide bonds. The Bertz CT molecular complexity index is 1100. The van der Waals surface area contributed by atoms with Crippen LogP contribution in [0.2, 0.25) is 0 Å². The van der Waals surface area contributed by atoms with Gasteiger partial charge >= 0.3 is 5.97 Å². The number of carbonyl (C=O) groups is 3. The first-order chi connectivity index (χ1) is 16.0. The van der Waals surface area contributed by atoms with Gasteiger partial charge in [-0.25, -0.2) is 4.79 Å². The number of rotatable bonds is 9. The smallest absolute Gasteiger partial charge is 0.338 e. The predicted molar refractivity (Wildman–Crippen MR) is 130 cm³/mol. The Balaban J connectivity index is 1.54. The third-order valence-corrected chi connectivity index (χ3v) is 4.85. The van der Waals surface area contributed by atoms with E-state index in [0.29, 0.717) is 29.1 Å². The molecule has 0 saturated carbocycles. The molecule has 0 atom stereocenters. The van der Waals surface area contributed by atoms with Crippen molar-refractivity contribution in [2.75, 3.05) is 35.7 Å². The molecule has 0 radical (unpaired) electrons. The van der Waals surface area contributed by atoms with Crippen molar-refractivity contribution in [2.24, 2.45) is 0 Å². The highest BCUT2D eigenvalue weighted by atomic mass is 16.5. The van der Waals surface area contributed by atoms with Gasteiger partial charge in [0.25, 0.3) is 5.91 Å². The monoisotopic (exact) mass is 445 g/mol.